The molecule has 19 heavy (non-hydrogen) atoms. The molecule has 0 amide bonds. The second-order valence-corrected chi connectivity index (χ2v) is 4.90. The van der Waals surface area contributed by atoms with E-state index in [0.717, 1.165) is 18.6 Å². The van der Waals surface area contributed by atoms with E-state index in [1.54, 1.807) is 18.5 Å². The van der Waals surface area contributed by atoms with Crippen molar-refractivity contribution in [3.63, 3.8) is 0 Å². The van der Waals surface area contributed by atoms with Crippen LogP contribution in [0.3, 0.4) is 0 Å². The number of hydrogen-bond donors (Lipinski definition) is 1. The lowest BCUT2D eigenvalue weighted by molar-refractivity contribution is 0.479. The molecule has 100 valence electrons. The maximum Gasteiger partial charge on any atom is 0.147 e. The molecule has 0 radical (unpaired) electrons. The Kier molecular flexibility index (Phi) is 4.77. The quantitative estimate of drug-likeness (QED) is 0.903. The topological polar surface area (TPSA) is 48.1 Å². The summed E-state index contributed by atoms with van der Waals surface area (Å²) in [6, 6.07) is 9.84. The zero-order valence-corrected chi connectivity index (χ0v) is 11.6. The van der Waals surface area contributed by atoms with Gasteiger partial charge in [0.2, 0.25) is 0 Å². The van der Waals surface area contributed by atoms with E-state index in [1.165, 1.54) is 5.56 Å². The molecule has 0 aliphatic carbocycles. The molecule has 0 fully saturated rings. The summed E-state index contributed by atoms with van der Waals surface area (Å²) >= 11 is 5.87. The van der Waals surface area contributed by atoms with E-state index in [2.05, 4.69) is 18.0 Å². The molecule has 0 bridgehead atoms. The number of nitrogens with zero attached hydrogens (tertiary/aromatic N) is 1. The van der Waals surface area contributed by atoms with Crippen LogP contribution < -0.4 is 10.5 Å². The Morgan fingerprint density at radius 1 is 1.26 bits per heavy atom. The van der Waals surface area contributed by atoms with Gasteiger partial charge in [0.05, 0.1) is 11.2 Å². The second kappa shape index (κ2) is 6.55. The molecule has 0 aliphatic heterocycles. The molecule has 1 unspecified atom stereocenters. The van der Waals surface area contributed by atoms with Gasteiger partial charge in [-0.1, -0.05) is 30.7 Å². The first-order valence-corrected chi connectivity index (χ1v) is 6.68. The first kappa shape index (κ1) is 13.8. The van der Waals surface area contributed by atoms with Crippen LogP contribution in [0.25, 0.3) is 0 Å². The van der Waals surface area contributed by atoms with Crippen LogP contribution in [0.5, 0.6) is 11.5 Å². The van der Waals surface area contributed by atoms with Gasteiger partial charge in [0.25, 0.3) is 0 Å². The fourth-order valence-electron chi connectivity index (χ4n) is 1.77. The summed E-state index contributed by atoms with van der Waals surface area (Å²) in [4.78, 5) is 3.99. The molecule has 1 aromatic carbocycles. The van der Waals surface area contributed by atoms with Crippen molar-refractivity contribution in [3.8, 4) is 11.5 Å². The minimum atomic E-state index is 0.183. The van der Waals surface area contributed by atoms with Gasteiger partial charge in [0.15, 0.2) is 0 Å². The first-order valence-electron chi connectivity index (χ1n) is 6.30. The van der Waals surface area contributed by atoms with Crippen LogP contribution >= 0.6 is 11.6 Å². The van der Waals surface area contributed by atoms with Crippen LogP contribution in [0.15, 0.2) is 42.7 Å². The lowest BCUT2D eigenvalue weighted by Gasteiger charge is -2.10. The molecule has 2 rings (SSSR count). The highest BCUT2D eigenvalue weighted by Crippen LogP contribution is 2.24. The number of ether oxygens (including phenoxy) is 1. The fraction of sp³-hybridized carbons (Fsp3) is 0.267. The highest BCUT2D eigenvalue weighted by molar-refractivity contribution is 6.30. The van der Waals surface area contributed by atoms with Crippen molar-refractivity contribution < 1.29 is 4.74 Å². The van der Waals surface area contributed by atoms with E-state index in [1.807, 2.05) is 18.2 Å². The highest BCUT2D eigenvalue weighted by atomic mass is 35.5. The van der Waals surface area contributed by atoms with Crippen molar-refractivity contribution in [2.24, 2.45) is 5.73 Å². The van der Waals surface area contributed by atoms with Gasteiger partial charge in [0, 0.05) is 18.3 Å². The Labute approximate surface area is 118 Å². The van der Waals surface area contributed by atoms with Crippen molar-refractivity contribution in [1.29, 1.82) is 0 Å². The molecule has 0 spiro atoms. The Balaban J connectivity index is 2.10. The Morgan fingerprint density at radius 2 is 2.11 bits per heavy atom. The van der Waals surface area contributed by atoms with Gasteiger partial charge in [0.1, 0.15) is 11.5 Å². The molecule has 1 atom stereocenters. The molecule has 1 aromatic heterocycles. The standard InChI is InChI=1S/C15H17ClN2O/c1-2-13(17)6-11-4-3-5-14(7-11)19-15-8-12(16)9-18-10-15/h3-5,7-10,13H,2,6,17H2,1H3. The van der Waals surface area contributed by atoms with E-state index < -0.39 is 0 Å². The van der Waals surface area contributed by atoms with Crippen molar-refractivity contribution in [3.05, 3.63) is 53.3 Å². The molecule has 2 N–H and O–H groups in total. The van der Waals surface area contributed by atoms with Crippen molar-refractivity contribution in [2.75, 3.05) is 0 Å². The Bertz CT molecular complexity index is 545. The largest absolute Gasteiger partial charge is 0.456 e. The number of nitrogens with two attached hydrogens (primary N) is 1. The lowest BCUT2D eigenvalue weighted by Crippen LogP contribution is -2.21. The van der Waals surface area contributed by atoms with Crippen LogP contribution in [-0.2, 0) is 6.42 Å². The number of hydrogen-bond acceptors (Lipinski definition) is 3. The van der Waals surface area contributed by atoms with Crippen molar-refractivity contribution in [2.45, 2.75) is 25.8 Å². The van der Waals surface area contributed by atoms with Gasteiger partial charge < -0.3 is 10.5 Å². The van der Waals surface area contributed by atoms with E-state index in [0.29, 0.717) is 10.8 Å². The number of halogens is 1. The molecule has 1 heterocycles. The summed E-state index contributed by atoms with van der Waals surface area (Å²) < 4.78 is 5.73. The van der Waals surface area contributed by atoms with E-state index in [-0.39, 0.29) is 6.04 Å². The summed E-state index contributed by atoms with van der Waals surface area (Å²) in [6.07, 6.45) is 5.02. The maximum absolute atomic E-state index is 5.96. The minimum absolute atomic E-state index is 0.183. The normalized spacial score (nSPS) is 12.2. The van der Waals surface area contributed by atoms with Crippen LogP contribution in [0.4, 0.5) is 0 Å². The van der Waals surface area contributed by atoms with Gasteiger partial charge in [-0.05, 0) is 30.5 Å². The third-order valence-corrected chi connectivity index (χ3v) is 3.04. The molecule has 3 nitrogen and oxygen atoms in total. The van der Waals surface area contributed by atoms with Gasteiger partial charge in [-0.15, -0.1) is 0 Å². The Morgan fingerprint density at radius 3 is 2.84 bits per heavy atom. The second-order valence-electron chi connectivity index (χ2n) is 4.46. The number of benzene rings is 1. The van der Waals surface area contributed by atoms with Gasteiger partial charge in [-0.3, -0.25) is 4.98 Å². The molecule has 2 aromatic rings. The summed E-state index contributed by atoms with van der Waals surface area (Å²) in [5, 5.41) is 0.557. The minimum Gasteiger partial charge on any atom is -0.456 e. The average molecular weight is 277 g/mol. The zero-order chi connectivity index (χ0) is 13.7. The molecule has 0 saturated carbocycles. The van der Waals surface area contributed by atoms with E-state index >= 15 is 0 Å². The number of rotatable bonds is 5. The van der Waals surface area contributed by atoms with E-state index in [4.69, 9.17) is 22.1 Å². The van der Waals surface area contributed by atoms with Gasteiger partial charge in [-0.2, -0.15) is 0 Å². The lowest BCUT2D eigenvalue weighted by atomic mass is 10.0. The Hall–Kier alpha value is -1.58. The third-order valence-electron chi connectivity index (χ3n) is 2.84. The SMILES string of the molecule is CCC(N)Cc1cccc(Oc2cncc(Cl)c2)c1. The molecule has 4 heteroatoms. The average Bonchev–Trinajstić information content (AvgIpc) is 2.39. The summed E-state index contributed by atoms with van der Waals surface area (Å²) in [5.41, 5.74) is 7.13. The maximum atomic E-state index is 5.96. The summed E-state index contributed by atoms with van der Waals surface area (Å²) in [5.74, 6) is 1.40. The van der Waals surface area contributed by atoms with Gasteiger partial charge >= 0.3 is 0 Å². The number of pyridine rings is 1. The summed E-state index contributed by atoms with van der Waals surface area (Å²) in [6.45, 7) is 2.09. The van der Waals surface area contributed by atoms with Crippen LogP contribution in [0.1, 0.15) is 18.9 Å². The molecular formula is C15H17ClN2O. The third kappa shape index (κ3) is 4.23. The smallest absolute Gasteiger partial charge is 0.147 e. The molecule has 0 saturated heterocycles. The van der Waals surface area contributed by atoms with Crippen molar-refractivity contribution >= 4 is 11.6 Å². The van der Waals surface area contributed by atoms with Crippen molar-refractivity contribution in [1.82, 2.24) is 4.98 Å². The van der Waals surface area contributed by atoms with Crippen LogP contribution in [0, 0.1) is 0 Å². The highest BCUT2D eigenvalue weighted by Gasteiger charge is 2.04. The monoisotopic (exact) mass is 276 g/mol. The molecule has 0 aliphatic rings. The van der Waals surface area contributed by atoms with Crippen LogP contribution in [0.2, 0.25) is 5.02 Å². The number of aromatic nitrogens is 1. The molecular weight excluding hydrogens is 260 g/mol. The summed E-state index contributed by atoms with van der Waals surface area (Å²) in [7, 11) is 0. The van der Waals surface area contributed by atoms with Crippen LogP contribution in [-0.4, -0.2) is 11.0 Å². The fourth-order valence-corrected chi connectivity index (χ4v) is 1.93. The predicted molar refractivity (Wildman–Crippen MR) is 77.7 cm³/mol. The first-order chi connectivity index (χ1) is 9.17. The zero-order valence-electron chi connectivity index (χ0n) is 10.8. The predicted octanol–water partition coefficient (Wildman–Crippen LogP) is 3.81. The van der Waals surface area contributed by atoms with E-state index in [9.17, 15) is 0 Å². The van der Waals surface area contributed by atoms with Gasteiger partial charge in [-0.25, -0.2) is 0 Å².